The standard InChI is InChI=1S/C21H24N2O4/c1-16(24)18-7-9-20(10-8-18)27-15-19-14-23(21(25)26)12-11-22(19)13-17-5-3-2-4-6-17/h2-10,19H,11-15H2,1H3,(H,25,26)/t19-/m0/s1. The fourth-order valence-electron chi connectivity index (χ4n) is 3.23. The molecule has 1 aliphatic rings. The van der Waals surface area contributed by atoms with Crippen molar-refractivity contribution in [1.29, 1.82) is 0 Å². The van der Waals surface area contributed by atoms with Crippen LogP contribution in [0.2, 0.25) is 0 Å². The summed E-state index contributed by atoms with van der Waals surface area (Å²) in [5, 5.41) is 9.33. The molecular formula is C21H24N2O4. The Labute approximate surface area is 159 Å². The van der Waals surface area contributed by atoms with Crippen LogP contribution >= 0.6 is 0 Å². The van der Waals surface area contributed by atoms with Crippen molar-refractivity contribution in [2.24, 2.45) is 0 Å². The summed E-state index contributed by atoms with van der Waals surface area (Å²) in [6, 6.07) is 17.1. The summed E-state index contributed by atoms with van der Waals surface area (Å²) in [6.07, 6.45) is -0.898. The third kappa shape index (κ3) is 5.08. The number of benzene rings is 2. The number of carbonyl (C=O) groups is 2. The van der Waals surface area contributed by atoms with Crippen molar-refractivity contribution in [2.75, 3.05) is 26.2 Å². The molecule has 6 nitrogen and oxygen atoms in total. The third-order valence-corrected chi connectivity index (χ3v) is 4.81. The molecule has 1 heterocycles. The maximum atomic E-state index is 11.4. The Morgan fingerprint density at radius 2 is 1.78 bits per heavy atom. The lowest BCUT2D eigenvalue weighted by atomic mass is 10.1. The zero-order valence-corrected chi connectivity index (χ0v) is 15.4. The van der Waals surface area contributed by atoms with E-state index in [1.165, 1.54) is 17.4 Å². The molecule has 1 atom stereocenters. The molecule has 0 bridgehead atoms. The van der Waals surface area contributed by atoms with Gasteiger partial charge in [0.05, 0.1) is 6.04 Å². The van der Waals surface area contributed by atoms with E-state index in [-0.39, 0.29) is 11.8 Å². The van der Waals surface area contributed by atoms with E-state index in [0.717, 1.165) is 6.54 Å². The number of ether oxygens (including phenoxy) is 1. The summed E-state index contributed by atoms with van der Waals surface area (Å²) in [5.74, 6) is 0.687. The second-order valence-electron chi connectivity index (χ2n) is 6.73. The van der Waals surface area contributed by atoms with Crippen LogP contribution in [0, 0.1) is 0 Å². The van der Waals surface area contributed by atoms with E-state index in [1.54, 1.807) is 24.3 Å². The third-order valence-electron chi connectivity index (χ3n) is 4.81. The van der Waals surface area contributed by atoms with Crippen molar-refractivity contribution in [3.8, 4) is 5.75 Å². The topological polar surface area (TPSA) is 70.1 Å². The fourth-order valence-corrected chi connectivity index (χ4v) is 3.23. The van der Waals surface area contributed by atoms with Gasteiger partial charge in [-0.3, -0.25) is 9.69 Å². The fraction of sp³-hybridized carbons (Fsp3) is 0.333. The zero-order valence-electron chi connectivity index (χ0n) is 15.4. The molecule has 6 heteroatoms. The van der Waals surface area contributed by atoms with Gasteiger partial charge in [0, 0.05) is 31.7 Å². The minimum absolute atomic E-state index is 0.0139. The number of hydrogen-bond donors (Lipinski definition) is 1. The van der Waals surface area contributed by atoms with E-state index in [1.807, 2.05) is 18.2 Å². The van der Waals surface area contributed by atoms with Gasteiger partial charge >= 0.3 is 6.09 Å². The molecule has 1 N–H and O–H groups in total. The normalized spacial score (nSPS) is 17.5. The lowest BCUT2D eigenvalue weighted by molar-refractivity contribution is 0.0421. The summed E-state index contributed by atoms with van der Waals surface area (Å²) >= 11 is 0. The number of nitrogens with zero attached hydrogens (tertiary/aromatic N) is 2. The Morgan fingerprint density at radius 3 is 2.41 bits per heavy atom. The van der Waals surface area contributed by atoms with Crippen LogP contribution in [-0.2, 0) is 6.54 Å². The Morgan fingerprint density at radius 1 is 1.07 bits per heavy atom. The zero-order chi connectivity index (χ0) is 19.2. The highest BCUT2D eigenvalue weighted by Crippen LogP contribution is 2.18. The predicted octanol–water partition coefficient (Wildman–Crippen LogP) is 3.13. The highest BCUT2D eigenvalue weighted by atomic mass is 16.5. The van der Waals surface area contributed by atoms with Crippen LogP contribution < -0.4 is 4.74 Å². The van der Waals surface area contributed by atoms with Gasteiger partial charge in [-0.2, -0.15) is 0 Å². The van der Waals surface area contributed by atoms with Crippen LogP contribution in [0.4, 0.5) is 4.79 Å². The summed E-state index contributed by atoms with van der Waals surface area (Å²) in [7, 11) is 0. The highest BCUT2D eigenvalue weighted by Gasteiger charge is 2.30. The molecule has 1 fully saturated rings. The molecule has 1 saturated heterocycles. The molecule has 3 rings (SSSR count). The van der Waals surface area contributed by atoms with Crippen molar-refractivity contribution in [3.05, 3.63) is 65.7 Å². The van der Waals surface area contributed by atoms with Gasteiger partial charge in [0.2, 0.25) is 0 Å². The van der Waals surface area contributed by atoms with Crippen LogP contribution in [0.25, 0.3) is 0 Å². The molecule has 2 aromatic carbocycles. The minimum atomic E-state index is -0.898. The summed E-state index contributed by atoms with van der Waals surface area (Å²) in [5.41, 5.74) is 1.83. The molecule has 0 aromatic heterocycles. The number of hydrogen-bond acceptors (Lipinski definition) is 4. The average molecular weight is 368 g/mol. The lowest BCUT2D eigenvalue weighted by Crippen LogP contribution is -2.56. The van der Waals surface area contributed by atoms with Gasteiger partial charge in [-0.05, 0) is 36.8 Å². The van der Waals surface area contributed by atoms with Gasteiger partial charge in [-0.15, -0.1) is 0 Å². The second-order valence-corrected chi connectivity index (χ2v) is 6.73. The first-order valence-electron chi connectivity index (χ1n) is 9.02. The highest BCUT2D eigenvalue weighted by molar-refractivity contribution is 5.94. The van der Waals surface area contributed by atoms with Gasteiger partial charge < -0.3 is 14.7 Å². The first-order chi connectivity index (χ1) is 13.0. The maximum Gasteiger partial charge on any atom is 0.407 e. The van der Waals surface area contributed by atoms with Crippen LogP contribution in [0.5, 0.6) is 5.75 Å². The molecule has 0 spiro atoms. The van der Waals surface area contributed by atoms with Gasteiger partial charge in [0.1, 0.15) is 12.4 Å². The molecular weight excluding hydrogens is 344 g/mol. The van der Waals surface area contributed by atoms with Gasteiger partial charge in [0.15, 0.2) is 5.78 Å². The first kappa shape index (κ1) is 18.9. The van der Waals surface area contributed by atoms with Crippen molar-refractivity contribution in [2.45, 2.75) is 19.5 Å². The second kappa shape index (κ2) is 8.68. The van der Waals surface area contributed by atoms with Crippen molar-refractivity contribution >= 4 is 11.9 Å². The molecule has 0 unspecified atom stereocenters. The first-order valence-corrected chi connectivity index (χ1v) is 9.02. The molecule has 0 radical (unpaired) electrons. The molecule has 1 amide bonds. The number of carboxylic acid groups (broad SMARTS) is 1. The van der Waals surface area contributed by atoms with Gasteiger partial charge in [0.25, 0.3) is 0 Å². The average Bonchev–Trinajstić information content (AvgIpc) is 2.68. The van der Waals surface area contributed by atoms with Gasteiger partial charge in [-0.1, -0.05) is 30.3 Å². The molecule has 142 valence electrons. The lowest BCUT2D eigenvalue weighted by Gasteiger charge is -2.40. The molecule has 0 saturated carbocycles. The quantitative estimate of drug-likeness (QED) is 0.794. The minimum Gasteiger partial charge on any atom is -0.492 e. The summed E-state index contributed by atoms with van der Waals surface area (Å²) < 4.78 is 5.90. The number of ketones is 1. The Bertz CT molecular complexity index is 777. The van der Waals surface area contributed by atoms with E-state index in [4.69, 9.17) is 4.74 Å². The SMILES string of the molecule is CC(=O)c1ccc(OC[C@@H]2CN(C(=O)O)CCN2Cc2ccccc2)cc1. The molecule has 1 aliphatic heterocycles. The summed E-state index contributed by atoms with van der Waals surface area (Å²) in [6.45, 7) is 4.24. The largest absolute Gasteiger partial charge is 0.492 e. The van der Waals surface area contributed by atoms with E-state index in [2.05, 4.69) is 17.0 Å². The van der Waals surface area contributed by atoms with E-state index >= 15 is 0 Å². The Balaban J connectivity index is 1.66. The maximum absolute atomic E-state index is 11.4. The van der Waals surface area contributed by atoms with Crippen LogP contribution in [-0.4, -0.2) is 59.1 Å². The van der Waals surface area contributed by atoms with Crippen molar-refractivity contribution < 1.29 is 19.4 Å². The molecule has 27 heavy (non-hydrogen) atoms. The number of amides is 1. The Hall–Kier alpha value is -2.86. The van der Waals surface area contributed by atoms with E-state index in [0.29, 0.717) is 37.6 Å². The van der Waals surface area contributed by atoms with Gasteiger partial charge in [-0.25, -0.2) is 4.79 Å². The van der Waals surface area contributed by atoms with Crippen LogP contribution in [0.1, 0.15) is 22.8 Å². The van der Waals surface area contributed by atoms with E-state index < -0.39 is 6.09 Å². The smallest absolute Gasteiger partial charge is 0.407 e. The number of Topliss-reactive ketones (excluding diaryl/α,β-unsaturated/α-hetero) is 1. The molecule has 2 aromatic rings. The van der Waals surface area contributed by atoms with Crippen molar-refractivity contribution in [3.63, 3.8) is 0 Å². The Kier molecular flexibility index (Phi) is 6.08. The number of rotatable bonds is 6. The number of carbonyl (C=O) groups excluding carboxylic acids is 1. The van der Waals surface area contributed by atoms with Crippen LogP contribution in [0.15, 0.2) is 54.6 Å². The van der Waals surface area contributed by atoms with Crippen molar-refractivity contribution in [1.82, 2.24) is 9.80 Å². The summed E-state index contributed by atoms with van der Waals surface area (Å²) in [4.78, 5) is 26.4. The van der Waals surface area contributed by atoms with E-state index in [9.17, 15) is 14.7 Å². The molecule has 0 aliphatic carbocycles. The van der Waals surface area contributed by atoms with Crippen LogP contribution in [0.3, 0.4) is 0 Å². The number of piperazine rings is 1. The predicted molar refractivity (Wildman–Crippen MR) is 102 cm³/mol. The monoisotopic (exact) mass is 368 g/mol.